The third kappa shape index (κ3) is 3.06. The van der Waals surface area contributed by atoms with Crippen LogP contribution in [0.4, 0.5) is 10.5 Å². The Morgan fingerprint density at radius 1 is 1.57 bits per heavy atom. The molecule has 23 heavy (non-hydrogen) atoms. The quantitative estimate of drug-likeness (QED) is 0.490. The van der Waals surface area contributed by atoms with Gasteiger partial charge in [-0.05, 0) is 12.5 Å². The molecule has 0 radical (unpaired) electrons. The Bertz CT molecular complexity index is 790. The highest BCUT2D eigenvalue weighted by Crippen LogP contribution is 2.40. The van der Waals surface area contributed by atoms with Crippen molar-refractivity contribution < 1.29 is 24.3 Å². The fourth-order valence-corrected chi connectivity index (χ4v) is 2.23. The Morgan fingerprint density at radius 3 is 2.83 bits per heavy atom. The first-order chi connectivity index (χ1) is 10.8. The van der Waals surface area contributed by atoms with Crippen LogP contribution in [0, 0.1) is 21.4 Å². The summed E-state index contributed by atoms with van der Waals surface area (Å²) in [6, 6.07) is 7.25. The lowest BCUT2D eigenvalue weighted by Gasteiger charge is -2.26. The lowest BCUT2D eigenvalue weighted by Crippen LogP contribution is -2.22. The molecule has 0 spiro atoms. The molecular weight excluding hydrogens is 306 g/mol. The Kier molecular flexibility index (Phi) is 4.18. The number of hydrogen-bond donors (Lipinski definition) is 2. The number of rotatable bonds is 3. The van der Waals surface area contributed by atoms with Crippen molar-refractivity contribution in [1.29, 1.82) is 5.26 Å². The second-order valence-electron chi connectivity index (χ2n) is 4.57. The van der Waals surface area contributed by atoms with Crippen LogP contribution in [0.3, 0.4) is 0 Å². The SMILES string of the molecule is CC1=C(OC(=O)O)C(c2cccc([N+](=O)[O-])c2)C(C#N)=C(N)O1. The number of nitriles is 1. The second kappa shape index (κ2) is 6.07. The molecule has 3 N–H and O–H groups in total. The molecule has 1 aliphatic rings. The highest BCUT2D eigenvalue weighted by atomic mass is 16.7. The van der Waals surface area contributed by atoms with Gasteiger partial charge >= 0.3 is 6.16 Å². The van der Waals surface area contributed by atoms with Gasteiger partial charge in [0.05, 0.1) is 10.8 Å². The Labute approximate surface area is 130 Å². The summed E-state index contributed by atoms with van der Waals surface area (Å²) in [5.41, 5.74) is 5.65. The van der Waals surface area contributed by atoms with E-state index in [4.69, 9.17) is 20.3 Å². The molecule has 0 aliphatic carbocycles. The van der Waals surface area contributed by atoms with Crippen molar-refractivity contribution in [3.8, 4) is 6.07 Å². The number of benzene rings is 1. The van der Waals surface area contributed by atoms with Crippen molar-refractivity contribution in [2.45, 2.75) is 12.8 Å². The average Bonchev–Trinajstić information content (AvgIpc) is 2.49. The number of ether oxygens (including phenoxy) is 2. The van der Waals surface area contributed by atoms with Gasteiger partial charge in [0.25, 0.3) is 5.69 Å². The molecule has 9 heteroatoms. The van der Waals surface area contributed by atoms with E-state index >= 15 is 0 Å². The zero-order chi connectivity index (χ0) is 17.1. The fourth-order valence-electron chi connectivity index (χ4n) is 2.23. The lowest BCUT2D eigenvalue weighted by atomic mass is 9.88. The standard InChI is InChI=1S/C14H11N3O6/c1-7-12(23-14(18)19)11(10(6-15)13(16)22-7)8-3-2-4-9(5-8)17(20)21/h2-5,11H,16H2,1H3,(H,18,19). The molecule has 0 amide bonds. The molecule has 1 aromatic rings. The number of non-ortho nitro benzene ring substituents is 1. The smallest absolute Gasteiger partial charge is 0.449 e. The maximum Gasteiger partial charge on any atom is 0.511 e. The van der Waals surface area contributed by atoms with Gasteiger partial charge in [-0.3, -0.25) is 10.1 Å². The molecule has 0 fully saturated rings. The highest BCUT2D eigenvalue weighted by molar-refractivity contribution is 5.61. The first kappa shape index (κ1) is 15.8. The Balaban J connectivity index is 2.63. The minimum atomic E-state index is -1.60. The van der Waals surface area contributed by atoms with E-state index in [-0.39, 0.29) is 34.2 Å². The minimum absolute atomic E-state index is 0.0559. The van der Waals surface area contributed by atoms with Crippen LogP contribution in [0.25, 0.3) is 0 Å². The van der Waals surface area contributed by atoms with Crippen LogP contribution < -0.4 is 5.73 Å². The fraction of sp³-hybridized carbons (Fsp3) is 0.143. The van der Waals surface area contributed by atoms with Gasteiger partial charge in [-0.1, -0.05) is 12.1 Å². The first-order valence-electron chi connectivity index (χ1n) is 6.28. The average molecular weight is 317 g/mol. The van der Waals surface area contributed by atoms with Crippen LogP contribution in [0.5, 0.6) is 0 Å². The van der Waals surface area contributed by atoms with Crippen LogP contribution in [0.2, 0.25) is 0 Å². The molecule has 0 saturated carbocycles. The van der Waals surface area contributed by atoms with Crippen molar-refractivity contribution >= 4 is 11.8 Å². The number of nitrogens with two attached hydrogens (primary N) is 1. The van der Waals surface area contributed by atoms with Gasteiger partial charge in [0.1, 0.15) is 17.4 Å². The van der Waals surface area contributed by atoms with Crippen LogP contribution in [0.15, 0.2) is 47.2 Å². The third-order valence-electron chi connectivity index (χ3n) is 3.16. The number of nitrogens with zero attached hydrogens (tertiary/aromatic N) is 2. The van der Waals surface area contributed by atoms with E-state index in [1.54, 1.807) is 0 Å². The Morgan fingerprint density at radius 2 is 2.26 bits per heavy atom. The summed E-state index contributed by atoms with van der Waals surface area (Å²) in [7, 11) is 0. The van der Waals surface area contributed by atoms with Gasteiger partial charge in [0.2, 0.25) is 5.88 Å². The van der Waals surface area contributed by atoms with Gasteiger partial charge in [-0.15, -0.1) is 0 Å². The number of nitro benzene ring substituents is 1. The summed E-state index contributed by atoms with van der Waals surface area (Å²) in [4.78, 5) is 21.2. The van der Waals surface area contributed by atoms with Crippen LogP contribution in [-0.4, -0.2) is 16.2 Å². The van der Waals surface area contributed by atoms with Crippen LogP contribution >= 0.6 is 0 Å². The molecule has 9 nitrogen and oxygen atoms in total. The molecule has 0 aromatic heterocycles. The van der Waals surface area contributed by atoms with E-state index in [9.17, 15) is 20.2 Å². The zero-order valence-electron chi connectivity index (χ0n) is 11.8. The Hall–Kier alpha value is -3.54. The van der Waals surface area contributed by atoms with Crippen LogP contribution in [0.1, 0.15) is 18.4 Å². The second-order valence-corrected chi connectivity index (χ2v) is 4.57. The van der Waals surface area contributed by atoms with Gasteiger partial charge in [-0.2, -0.15) is 5.26 Å². The molecule has 0 saturated heterocycles. The largest absolute Gasteiger partial charge is 0.511 e. The van der Waals surface area contributed by atoms with Gasteiger partial charge in [0.15, 0.2) is 5.76 Å². The zero-order valence-corrected chi connectivity index (χ0v) is 11.8. The summed E-state index contributed by atoms with van der Waals surface area (Å²) in [5.74, 6) is -1.33. The first-order valence-corrected chi connectivity index (χ1v) is 6.28. The molecule has 0 bridgehead atoms. The minimum Gasteiger partial charge on any atom is -0.449 e. The molecule has 1 unspecified atom stereocenters. The molecule has 1 atom stereocenters. The monoisotopic (exact) mass is 317 g/mol. The summed E-state index contributed by atoms with van der Waals surface area (Å²) >= 11 is 0. The van der Waals surface area contributed by atoms with E-state index in [1.165, 1.54) is 31.2 Å². The summed E-state index contributed by atoms with van der Waals surface area (Å²) < 4.78 is 9.84. The van der Waals surface area contributed by atoms with E-state index in [2.05, 4.69) is 0 Å². The van der Waals surface area contributed by atoms with Crippen molar-refractivity contribution in [3.05, 3.63) is 62.9 Å². The van der Waals surface area contributed by atoms with Crippen LogP contribution in [-0.2, 0) is 9.47 Å². The lowest BCUT2D eigenvalue weighted by molar-refractivity contribution is -0.384. The van der Waals surface area contributed by atoms with Crippen molar-refractivity contribution in [2.24, 2.45) is 5.73 Å². The number of carboxylic acid groups (broad SMARTS) is 1. The number of allylic oxidation sites excluding steroid dienone is 2. The van der Waals surface area contributed by atoms with Gasteiger partial charge in [-0.25, -0.2) is 4.79 Å². The molecule has 2 rings (SSSR count). The highest BCUT2D eigenvalue weighted by Gasteiger charge is 2.35. The maximum atomic E-state index is 10.9. The molecule has 118 valence electrons. The predicted octanol–water partition coefficient (Wildman–Crippen LogP) is 2.33. The summed E-state index contributed by atoms with van der Waals surface area (Å²) in [6.07, 6.45) is -1.60. The van der Waals surface area contributed by atoms with Gasteiger partial charge < -0.3 is 20.3 Å². The van der Waals surface area contributed by atoms with Crippen molar-refractivity contribution in [1.82, 2.24) is 0 Å². The van der Waals surface area contributed by atoms with E-state index in [0.717, 1.165) is 0 Å². The summed E-state index contributed by atoms with van der Waals surface area (Å²) in [5, 5.41) is 29.1. The number of nitro groups is 1. The third-order valence-corrected chi connectivity index (χ3v) is 3.16. The summed E-state index contributed by atoms with van der Waals surface area (Å²) in [6.45, 7) is 1.42. The topological polar surface area (TPSA) is 149 Å². The molecule has 1 aromatic carbocycles. The normalized spacial score (nSPS) is 17.3. The maximum absolute atomic E-state index is 10.9. The number of carbonyl (C=O) groups is 1. The number of hydrogen-bond acceptors (Lipinski definition) is 7. The van der Waals surface area contributed by atoms with E-state index < -0.39 is 17.0 Å². The van der Waals surface area contributed by atoms with Gasteiger partial charge in [0, 0.05) is 12.1 Å². The molecule has 1 aliphatic heterocycles. The predicted molar refractivity (Wildman–Crippen MR) is 75.6 cm³/mol. The molecular formula is C14H11N3O6. The molecule has 1 heterocycles. The van der Waals surface area contributed by atoms with E-state index in [0.29, 0.717) is 0 Å². The van der Waals surface area contributed by atoms with Crippen molar-refractivity contribution in [3.63, 3.8) is 0 Å². The van der Waals surface area contributed by atoms with E-state index in [1.807, 2.05) is 6.07 Å². The van der Waals surface area contributed by atoms with Crippen molar-refractivity contribution in [2.75, 3.05) is 0 Å².